The Labute approximate surface area is 147 Å². The smallest absolute Gasteiger partial charge is 0.123 e. The monoisotopic (exact) mass is 334 g/mol. The fourth-order valence-corrected chi connectivity index (χ4v) is 4.56. The lowest BCUT2D eigenvalue weighted by atomic mass is 10.0. The molecule has 0 radical (unpaired) electrons. The van der Waals surface area contributed by atoms with Crippen molar-refractivity contribution in [2.75, 3.05) is 13.6 Å². The number of halogens is 1. The maximum atomic E-state index is 13.2. The molecule has 0 bridgehead atoms. The summed E-state index contributed by atoms with van der Waals surface area (Å²) < 4.78 is 15.8. The lowest BCUT2D eigenvalue weighted by molar-refractivity contribution is 0.309. The van der Waals surface area contributed by atoms with Crippen LogP contribution in [0.15, 0.2) is 42.5 Å². The van der Waals surface area contributed by atoms with E-state index in [-0.39, 0.29) is 5.82 Å². The lowest BCUT2D eigenvalue weighted by Gasteiger charge is -2.24. The second-order valence-corrected chi connectivity index (χ2v) is 7.76. The topological polar surface area (TPSA) is 8.17 Å². The third-order valence-electron chi connectivity index (χ3n) is 5.92. The maximum absolute atomic E-state index is 13.2. The van der Waals surface area contributed by atoms with Gasteiger partial charge in [0.15, 0.2) is 0 Å². The first-order valence-corrected chi connectivity index (χ1v) is 9.18. The zero-order valence-corrected chi connectivity index (χ0v) is 14.8. The SMILES string of the molecule is Cc1ccc2c(c1)c1c(n2[C@@H]2C[C@@H]2c2ccc(F)cc2)CCN(C)C1. The quantitative estimate of drug-likeness (QED) is 0.653. The van der Waals surface area contributed by atoms with Gasteiger partial charge in [-0.05, 0) is 55.8 Å². The third kappa shape index (κ3) is 2.41. The van der Waals surface area contributed by atoms with E-state index in [9.17, 15) is 4.39 Å². The van der Waals surface area contributed by atoms with Crippen molar-refractivity contribution in [3.05, 3.63) is 70.7 Å². The van der Waals surface area contributed by atoms with Crippen LogP contribution in [0.25, 0.3) is 10.9 Å². The van der Waals surface area contributed by atoms with Crippen molar-refractivity contribution in [1.29, 1.82) is 0 Å². The molecule has 0 unspecified atom stereocenters. The Bertz CT molecular complexity index is 954. The van der Waals surface area contributed by atoms with Crippen LogP contribution in [0, 0.1) is 12.7 Å². The molecule has 2 atom stereocenters. The van der Waals surface area contributed by atoms with Crippen LogP contribution in [0.1, 0.15) is 40.8 Å². The highest BCUT2D eigenvalue weighted by atomic mass is 19.1. The molecule has 2 aliphatic rings. The molecule has 0 spiro atoms. The first kappa shape index (κ1) is 15.2. The van der Waals surface area contributed by atoms with Gasteiger partial charge in [-0.15, -0.1) is 0 Å². The van der Waals surface area contributed by atoms with Gasteiger partial charge >= 0.3 is 0 Å². The molecule has 25 heavy (non-hydrogen) atoms. The first-order valence-electron chi connectivity index (χ1n) is 9.18. The van der Waals surface area contributed by atoms with E-state index in [4.69, 9.17) is 0 Å². The summed E-state index contributed by atoms with van der Waals surface area (Å²) in [6.07, 6.45) is 2.28. The van der Waals surface area contributed by atoms with Gasteiger partial charge in [0.25, 0.3) is 0 Å². The number of hydrogen-bond acceptors (Lipinski definition) is 1. The molecule has 0 saturated heterocycles. The van der Waals surface area contributed by atoms with Crippen LogP contribution in [0.4, 0.5) is 4.39 Å². The lowest BCUT2D eigenvalue weighted by Crippen LogP contribution is -2.27. The molecule has 3 aromatic rings. The number of aryl methyl sites for hydroxylation is 1. The van der Waals surface area contributed by atoms with Crippen LogP contribution in [0.3, 0.4) is 0 Å². The Morgan fingerprint density at radius 2 is 1.88 bits per heavy atom. The van der Waals surface area contributed by atoms with Crippen LogP contribution < -0.4 is 0 Å². The summed E-state index contributed by atoms with van der Waals surface area (Å²) in [6.45, 7) is 4.33. The molecule has 1 fully saturated rings. The maximum Gasteiger partial charge on any atom is 0.123 e. The van der Waals surface area contributed by atoms with E-state index in [1.54, 1.807) is 12.1 Å². The Balaban J connectivity index is 1.61. The number of hydrogen-bond donors (Lipinski definition) is 0. The van der Waals surface area contributed by atoms with E-state index in [0.717, 1.165) is 25.9 Å². The first-order chi connectivity index (χ1) is 12.1. The average Bonchev–Trinajstić information content (AvgIpc) is 3.32. The number of fused-ring (bicyclic) bond motifs is 3. The van der Waals surface area contributed by atoms with Gasteiger partial charge in [0.05, 0.1) is 0 Å². The van der Waals surface area contributed by atoms with Crippen molar-refractivity contribution in [2.45, 2.75) is 38.3 Å². The Kier molecular flexibility index (Phi) is 3.29. The molecular formula is C22H23FN2. The molecule has 2 heterocycles. The molecule has 2 nitrogen and oxygen atoms in total. The van der Waals surface area contributed by atoms with Gasteiger partial charge in [-0.25, -0.2) is 4.39 Å². The van der Waals surface area contributed by atoms with Crippen LogP contribution in [0.5, 0.6) is 0 Å². The van der Waals surface area contributed by atoms with E-state index >= 15 is 0 Å². The molecule has 1 aliphatic heterocycles. The standard InChI is InChI=1S/C22H23FN2/c1-14-3-8-20-18(11-14)19-13-24(2)10-9-21(19)25(20)22-12-17(22)15-4-6-16(23)7-5-15/h3-8,11,17,22H,9-10,12-13H2,1-2H3/t17-,22-/m1/s1. The highest BCUT2D eigenvalue weighted by Gasteiger charge is 2.42. The molecular weight excluding hydrogens is 311 g/mol. The molecule has 1 aromatic heterocycles. The zero-order valence-electron chi connectivity index (χ0n) is 14.8. The van der Waals surface area contributed by atoms with Crippen molar-refractivity contribution in [3.63, 3.8) is 0 Å². The zero-order chi connectivity index (χ0) is 17.1. The van der Waals surface area contributed by atoms with E-state index in [1.165, 1.54) is 33.3 Å². The molecule has 1 aliphatic carbocycles. The van der Waals surface area contributed by atoms with E-state index in [2.05, 4.69) is 41.6 Å². The molecule has 0 N–H and O–H groups in total. The minimum Gasteiger partial charge on any atom is -0.341 e. The summed E-state index contributed by atoms with van der Waals surface area (Å²) >= 11 is 0. The summed E-state index contributed by atoms with van der Waals surface area (Å²) in [7, 11) is 2.21. The molecule has 1 saturated carbocycles. The van der Waals surface area contributed by atoms with Crippen molar-refractivity contribution in [2.24, 2.45) is 0 Å². The predicted molar refractivity (Wildman–Crippen MR) is 99.5 cm³/mol. The number of benzene rings is 2. The highest BCUT2D eigenvalue weighted by Crippen LogP contribution is 2.54. The van der Waals surface area contributed by atoms with Gasteiger partial charge in [0, 0.05) is 48.1 Å². The fraction of sp³-hybridized carbons (Fsp3) is 0.364. The summed E-state index contributed by atoms with van der Waals surface area (Å²) in [5.41, 5.74) is 7.00. The van der Waals surface area contributed by atoms with Gasteiger partial charge in [-0.1, -0.05) is 23.8 Å². The van der Waals surface area contributed by atoms with Crippen molar-refractivity contribution < 1.29 is 4.39 Å². The summed E-state index contributed by atoms with van der Waals surface area (Å²) in [4.78, 5) is 2.42. The highest BCUT2D eigenvalue weighted by molar-refractivity contribution is 5.87. The number of nitrogens with zero attached hydrogens (tertiary/aromatic N) is 2. The summed E-state index contributed by atoms with van der Waals surface area (Å²) in [6, 6.07) is 14.5. The Morgan fingerprint density at radius 3 is 2.68 bits per heavy atom. The largest absolute Gasteiger partial charge is 0.341 e. The average molecular weight is 334 g/mol. The summed E-state index contributed by atoms with van der Waals surface area (Å²) in [5, 5.41) is 1.42. The summed E-state index contributed by atoms with van der Waals surface area (Å²) in [5.74, 6) is 0.365. The van der Waals surface area contributed by atoms with Gasteiger partial charge in [-0.2, -0.15) is 0 Å². The molecule has 3 heteroatoms. The molecule has 5 rings (SSSR count). The van der Waals surface area contributed by atoms with Crippen LogP contribution >= 0.6 is 0 Å². The van der Waals surface area contributed by atoms with Gasteiger partial charge in [0.1, 0.15) is 5.82 Å². The van der Waals surface area contributed by atoms with Crippen LogP contribution in [-0.2, 0) is 13.0 Å². The second kappa shape index (κ2) is 5.43. The van der Waals surface area contributed by atoms with Crippen LogP contribution in [0.2, 0.25) is 0 Å². The Hall–Kier alpha value is -2.13. The van der Waals surface area contributed by atoms with Crippen LogP contribution in [-0.4, -0.2) is 23.1 Å². The van der Waals surface area contributed by atoms with Gasteiger partial charge < -0.3 is 9.47 Å². The van der Waals surface area contributed by atoms with E-state index < -0.39 is 0 Å². The Morgan fingerprint density at radius 1 is 1.08 bits per heavy atom. The minimum absolute atomic E-state index is 0.150. The van der Waals surface area contributed by atoms with Crippen molar-refractivity contribution >= 4 is 10.9 Å². The minimum atomic E-state index is -0.150. The number of aromatic nitrogens is 1. The normalized spacial score (nSPS) is 23.0. The fourth-order valence-electron chi connectivity index (χ4n) is 4.56. The van der Waals surface area contributed by atoms with E-state index in [0.29, 0.717) is 12.0 Å². The third-order valence-corrected chi connectivity index (χ3v) is 5.92. The van der Waals surface area contributed by atoms with Crippen molar-refractivity contribution in [3.8, 4) is 0 Å². The molecule has 2 aromatic carbocycles. The van der Waals surface area contributed by atoms with Crippen molar-refractivity contribution in [1.82, 2.24) is 9.47 Å². The number of likely N-dealkylation sites (N-methyl/N-ethyl adjacent to an activating group) is 1. The van der Waals surface area contributed by atoms with E-state index in [1.807, 2.05) is 12.1 Å². The second-order valence-electron chi connectivity index (χ2n) is 7.76. The van der Waals surface area contributed by atoms with Gasteiger partial charge in [0.2, 0.25) is 0 Å². The predicted octanol–water partition coefficient (Wildman–Crippen LogP) is 4.81. The van der Waals surface area contributed by atoms with Gasteiger partial charge in [-0.3, -0.25) is 0 Å². The number of rotatable bonds is 2. The molecule has 0 amide bonds. The molecule has 128 valence electrons.